The standard InChI is InChI=1S/C11H15NO4S/c1-11(2,3)16-6-8(13)12-7-4-5-17-9(7)10(14)15/h4-5H,6H2,1-3H3,(H,12,13)(H,14,15). The summed E-state index contributed by atoms with van der Waals surface area (Å²) < 4.78 is 5.28. The lowest BCUT2D eigenvalue weighted by molar-refractivity contribution is -0.125. The number of rotatable bonds is 4. The molecule has 1 aromatic rings. The van der Waals surface area contributed by atoms with Crippen LogP contribution in [0.15, 0.2) is 11.4 Å². The number of aromatic carboxylic acids is 1. The first kappa shape index (κ1) is 13.7. The number of carbonyl (C=O) groups is 2. The third-order valence-corrected chi connectivity index (χ3v) is 2.67. The van der Waals surface area contributed by atoms with Crippen LogP contribution in [0.4, 0.5) is 5.69 Å². The molecule has 5 nitrogen and oxygen atoms in total. The van der Waals surface area contributed by atoms with Gasteiger partial charge in [0.25, 0.3) is 0 Å². The Bertz CT molecular complexity index is 419. The second kappa shape index (κ2) is 5.29. The van der Waals surface area contributed by atoms with Gasteiger partial charge < -0.3 is 15.2 Å². The average Bonchev–Trinajstić information content (AvgIpc) is 2.62. The minimum Gasteiger partial charge on any atom is -0.477 e. The Morgan fingerprint density at radius 1 is 1.47 bits per heavy atom. The minimum atomic E-state index is -1.05. The zero-order valence-corrected chi connectivity index (χ0v) is 10.8. The van der Waals surface area contributed by atoms with Crippen molar-refractivity contribution in [3.05, 3.63) is 16.3 Å². The minimum absolute atomic E-state index is 0.0988. The summed E-state index contributed by atoms with van der Waals surface area (Å²) >= 11 is 1.07. The summed E-state index contributed by atoms with van der Waals surface area (Å²) in [5.74, 6) is -1.41. The summed E-state index contributed by atoms with van der Waals surface area (Å²) in [6, 6.07) is 1.56. The molecule has 0 aliphatic carbocycles. The molecule has 0 bridgehead atoms. The summed E-state index contributed by atoms with van der Waals surface area (Å²) in [6.07, 6.45) is 0. The van der Waals surface area contributed by atoms with E-state index in [4.69, 9.17) is 9.84 Å². The summed E-state index contributed by atoms with van der Waals surface area (Å²) in [4.78, 5) is 22.4. The second-order valence-corrected chi connectivity index (χ2v) is 5.33. The Balaban J connectivity index is 2.57. The van der Waals surface area contributed by atoms with Gasteiger partial charge in [-0.1, -0.05) is 0 Å². The summed E-state index contributed by atoms with van der Waals surface area (Å²) in [6.45, 7) is 5.42. The normalized spacial score (nSPS) is 11.2. The molecule has 0 aromatic carbocycles. The average molecular weight is 257 g/mol. The number of hydrogen-bond acceptors (Lipinski definition) is 4. The molecule has 94 valence electrons. The highest BCUT2D eigenvalue weighted by Crippen LogP contribution is 2.22. The molecule has 0 saturated carbocycles. The van der Waals surface area contributed by atoms with Crippen molar-refractivity contribution in [2.45, 2.75) is 26.4 Å². The number of thiophene rings is 1. The topological polar surface area (TPSA) is 75.6 Å². The molecular weight excluding hydrogens is 242 g/mol. The number of nitrogens with one attached hydrogen (secondary N) is 1. The first-order valence-electron chi connectivity index (χ1n) is 5.04. The van der Waals surface area contributed by atoms with E-state index in [1.807, 2.05) is 20.8 Å². The fraction of sp³-hybridized carbons (Fsp3) is 0.455. The van der Waals surface area contributed by atoms with Gasteiger partial charge in [-0.2, -0.15) is 0 Å². The van der Waals surface area contributed by atoms with E-state index in [1.165, 1.54) is 0 Å². The van der Waals surface area contributed by atoms with Crippen molar-refractivity contribution in [2.24, 2.45) is 0 Å². The van der Waals surface area contributed by atoms with E-state index in [9.17, 15) is 9.59 Å². The highest BCUT2D eigenvalue weighted by Gasteiger charge is 2.16. The molecule has 1 rings (SSSR count). The van der Waals surface area contributed by atoms with Gasteiger partial charge in [-0.15, -0.1) is 11.3 Å². The number of anilines is 1. The van der Waals surface area contributed by atoms with E-state index >= 15 is 0 Å². The van der Waals surface area contributed by atoms with Crippen LogP contribution in [0.1, 0.15) is 30.4 Å². The van der Waals surface area contributed by atoms with Crippen molar-refractivity contribution in [1.82, 2.24) is 0 Å². The lowest BCUT2D eigenvalue weighted by Gasteiger charge is -2.18. The molecule has 0 radical (unpaired) electrons. The van der Waals surface area contributed by atoms with Crippen LogP contribution in [-0.2, 0) is 9.53 Å². The van der Waals surface area contributed by atoms with Gasteiger partial charge in [0.05, 0.1) is 11.3 Å². The number of ether oxygens (including phenoxy) is 1. The number of hydrogen-bond donors (Lipinski definition) is 2. The third-order valence-electron chi connectivity index (χ3n) is 1.77. The second-order valence-electron chi connectivity index (χ2n) is 4.42. The van der Waals surface area contributed by atoms with Crippen molar-refractivity contribution >= 4 is 28.9 Å². The fourth-order valence-corrected chi connectivity index (χ4v) is 1.73. The van der Waals surface area contributed by atoms with Crippen LogP contribution < -0.4 is 5.32 Å². The van der Waals surface area contributed by atoms with E-state index in [-0.39, 0.29) is 17.4 Å². The quantitative estimate of drug-likeness (QED) is 0.867. The third kappa shape index (κ3) is 4.54. The van der Waals surface area contributed by atoms with Crippen molar-refractivity contribution in [2.75, 3.05) is 11.9 Å². The monoisotopic (exact) mass is 257 g/mol. The molecule has 2 N–H and O–H groups in total. The zero-order chi connectivity index (χ0) is 13.1. The predicted molar refractivity (Wildman–Crippen MR) is 65.6 cm³/mol. The van der Waals surface area contributed by atoms with Gasteiger partial charge in [0, 0.05) is 0 Å². The maximum atomic E-state index is 11.5. The van der Waals surface area contributed by atoms with Crippen LogP contribution in [0.2, 0.25) is 0 Å². The van der Waals surface area contributed by atoms with E-state index in [0.717, 1.165) is 11.3 Å². The molecule has 0 aliphatic heterocycles. The van der Waals surface area contributed by atoms with Crippen LogP contribution >= 0.6 is 11.3 Å². The molecule has 0 aliphatic rings. The molecule has 1 aromatic heterocycles. The van der Waals surface area contributed by atoms with Crippen molar-refractivity contribution in [3.8, 4) is 0 Å². The van der Waals surface area contributed by atoms with Crippen LogP contribution in [-0.4, -0.2) is 29.2 Å². The Kier molecular flexibility index (Phi) is 4.25. The molecule has 1 heterocycles. The zero-order valence-electron chi connectivity index (χ0n) is 9.94. The van der Waals surface area contributed by atoms with Gasteiger partial charge in [-0.05, 0) is 32.2 Å². The number of carbonyl (C=O) groups excluding carboxylic acids is 1. The van der Waals surface area contributed by atoms with Crippen LogP contribution in [0.5, 0.6) is 0 Å². The maximum Gasteiger partial charge on any atom is 0.348 e. The number of amides is 1. The van der Waals surface area contributed by atoms with Crippen molar-refractivity contribution in [1.29, 1.82) is 0 Å². The van der Waals surface area contributed by atoms with Crippen molar-refractivity contribution < 1.29 is 19.4 Å². The van der Waals surface area contributed by atoms with E-state index < -0.39 is 11.6 Å². The Hall–Kier alpha value is -1.40. The lowest BCUT2D eigenvalue weighted by Crippen LogP contribution is -2.27. The van der Waals surface area contributed by atoms with E-state index in [0.29, 0.717) is 5.69 Å². The first-order chi connectivity index (χ1) is 7.79. The SMILES string of the molecule is CC(C)(C)OCC(=O)Nc1ccsc1C(=O)O. The summed E-state index contributed by atoms with van der Waals surface area (Å²) in [5.41, 5.74) is -0.0910. The fourth-order valence-electron chi connectivity index (χ4n) is 1.04. The largest absolute Gasteiger partial charge is 0.477 e. The summed E-state index contributed by atoms with van der Waals surface area (Å²) in [5, 5.41) is 13.0. The van der Waals surface area contributed by atoms with E-state index in [2.05, 4.69) is 5.32 Å². The Labute approximate surface area is 103 Å². The predicted octanol–water partition coefficient (Wildman–Crippen LogP) is 2.20. The van der Waals surface area contributed by atoms with Crippen molar-refractivity contribution in [3.63, 3.8) is 0 Å². The molecule has 0 fully saturated rings. The van der Waals surface area contributed by atoms with E-state index in [1.54, 1.807) is 11.4 Å². The summed E-state index contributed by atoms with van der Waals surface area (Å²) in [7, 11) is 0. The molecule has 0 saturated heterocycles. The van der Waals surface area contributed by atoms with Crippen LogP contribution in [0.3, 0.4) is 0 Å². The number of carboxylic acid groups (broad SMARTS) is 1. The first-order valence-corrected chi connectivity index (χ1v) is 5.92. The Morgan fingerprint density at radius 3 is 2.65 bits per heavy atom. The lowest BCUT2D eigenvalue weighted by atomic mass is 10.2. The van der Waals surface area contributed by atoms with Gasteiger partial charge in [-0.25, -0.2) is 4.79 Å². The molecular formula is C11H15NO4S. The molecule has 6 heteroatoms. The smallest absolute Gasteiger partial charge is 0.348 e. The molecule has 1 amide bonds. The van der Waals surface area contributed by atoms with Gasteiger partial charge in [0.15, 0.2) is 0 Å². The molecule has 17 heavy (non-hydrogen) atoms. The van der Waals surface area contributed by atoms with Crippen LogP contribution in [0.25, 0.3) is 0 Å². The molecule has 0 spiro atoms. The molecule has 0 atom stereocenters. The van der Waals surface area contributed by atoms with Gasteiger partial charge in [0.1, 0.15) is 11.5 Å². The Morgan fingerprint density at radius 2 is 2.12 bits per heavy atom. The maximum absolute atomic E-state index is 11.5. The highest BCUT2D eigenvalue weighted by molar-refractivity contribution is 7.12. The van der Waals surface area contributed by atoms with Gasteiger partial charge in [-0.3, -0.25) is 4.79 Å². The van der Waals surface area contributed by atoms with Gasteiger partial charge >= 0.3 is 5.97 Å². The number of carboxylic acids is 1. The van der Waals surface area contributed by atoms with Gasteiger partial charge in [0.2, 0.25) is 5.91 Å². The van der Waals surface area contributed by atoms with Crippen LogP contribution in [0, 0.1) is 0 Å². The highest BCUT2D eigenvalue weighted by atomic mass is 32.1. The molecule has 0 unspecified atom stereocenters.